The number of piperidine rings is 1. The van der Waals surface area contributed by atoms with Gasteiger partial charge >= 0.3 is 0 Å². The van der Waals surface area contributed by atoms with Gasteiger partial charge in [0.1, 0.15) is 11.2 Å². The van der Waals surface area contributed by atoms with Crippen molar-refractivity contribution >= 4 is 27.7 Å². The van der Waals surface area contributed by atoms with E-state index in [4.69, 9.17) is 4.42 Å². The summed E-state index contributed by atoms with van der Waals surface area (Å²) in [5, 5.41) is 1.00. The van der Waals surface area contributed by atoms with Crippen LogP contribution in [0.4, 0.5) is 0 Å². The van der Waals surface area contributed by atoms with E-state index in [1.54, 1.807) is 30.3 Å². The summed E-state index contributed by atoms with van der Waals surface area (Å²) < 4.78 is 5.84. The second-order valence-corrected chi connectivity index (χ2v) is 7.57. The summed E-state index contributed by atoms with van der Waals surface area (Å²) >= 11 is 0. The Morgan fingerprint density at radius 3 is 2.42 bits per heavy atom. The van der Waals surface area contributed by atoms with Crippen molar-refractivity contribution in [1.29, 1.82) is 0 Å². The van der Waals surface area contributed by atoms with E-state index >= 15 is 0 Å². The quantitative estimate of drug-likeness (QED) is 0.520. The molecule has 134 valence electrons. The van der Waals surface area contributed by atoms with E-state index in [0.717, 1.165) is 25.9 Å². The van der Waals surface area contributed by atoms with Crippen LogP contribution in [0.15, 0.2) is 51.7 Å². The topological polar surface area (TPSA) is 50.5 Å². The van der Waals surface area contributed by atoms with Gasteiger partial charge < -0.3 is 4.42 Å². The van der Waals surface area contributed by atoms with Crippen LogP contribution in [0.5, 0.6) is 0 Å². The molecule has 0 saturated carbocycles. The fourth-order valence-electron chi connectivity index (χ4n) is 3.89. The van der Waals surface area contributed by atoms with Gasteiger partial charge in [-0.25, -0.2) is 0 Å². The lowest BCUT2D eigenvalue weighted by Crippen LogP contribution is -2.52. The minimum Gasteiger partial charge on any atom is -0.456 e. The summed E-state index contributed by atoms with van der Waals surface area (Å²) in [6.07, 6.45) is 3.49. The lowest BCUT2D eigenvalue weighted by molar-refractivity contribution is 0.0579. The number of carbonyl (C=O) groups excluding carboxylic acids is 1. The Kier molecular flexibility index (Phi) is 4.16. The number of hydrogen-bond acceptors (Lipinski definition) is 4. The number of nitrogens with zero attached hydrogens (tertiary/aromatic N) is 1. The minimum absolute atomic E-state index is 0.0499. The zero-order valence-electron chi connectivity index (χ0n) is 15.2. The summed E-state index contributed by atoms with van der Waals surface area (Å²) in [7, 11) is 0. The first-order valence-electron chi connectivity index (χ1n) is 9.24. The highest BCUT2D eigenvalue weighted by atomic mass is 16.3. The average Bonchev–Trinajstić information content (AvgIpc) is 2.68. The van der Waals surface area contributed by atoms with Crippen molar-refractivity contribution in [3.63, 3.8) is 0 Å². The number of benzene rings is 2. The van der Waals surface area contributed by atoms with Crippen LogP contribution < -0.4 is 5.43 Å². The van der Waals surface area contributed by atoms with Gasteiger partial charge in [0, 0.05) is 5.56 Å². The van der Waals surface area contributed by atoms with E-state index in [1.165, 1.54) is 6.42 Å². The molecule has 2 aromatic carbocycles. The van der Waals surface area contributed by atoms with E-state index in [9.17, 15) is 9.59 Å². The van der Waals surface area contributed by atoms with Gasteiger partial charge in [0.25, 0.3) is 0 Å². The molecule has 0 bridgehead atoms. The summed E-state index contributed by atoms with van der Waals surface area (Å²) in [5.41, 5.74) is 0.979. The number of carbonyl (C=O) groups is 1. The van der Waals surface area contributed by atoms with E-state index in [2.05, 4.69) is 4.90 Å². The maximum Gasteiger partial charge on any atom is 0.200 e. The zero-order valence-corrected chi connectivity index (χ0v) is 15.2. The highest BCUT2D eigenvalue weighted by molar-refractivity contribution is 6.05. The molecule has 3 aromatic rings. The molecule has 1 saturated heterocycles. The van der Waals surface area contributed by atoms with Gasteiger partial charge in [-0.15, -0.1) is 0 Å². The van der Waals surface area contributed by atoms with E-state index < -0.39 is 5.54 Å². The third kappa shape index (κ3) is 2.74. The summed E-state index contributed by atoms with van der Waals surface area (Å²) in [6.45, 7) is 5.85. The van der Waals surface area contributed by atoms with Crippen molar-refractivity contribution in [2.75, 3.05) is 13.1 Å². The number of Topliss-reactive ketones (excluding diaryl/α,β-unsaturated/α-hetero) is 1. The molecule has 0 radical (unpaired) electrons. The van der Waals surface area contributed by atoms with Gasteiger partial charge in [-0.3, -0.25) is 14.5 Å². The van der Waals surface area contributed by atoms with Crippen LogP contribution in [-0.2, 0) is 0 Å². The molecule has 0 N–H and O–H groups in total. The van der Waals surface area contributed by atoms with Crippen LogP contribution >= 0.6 is 0 Å². The normalized spacial score (nSPS) is 16.2. The van der Waals surface area contributed by atoms with E-state index in [-0.39, 0.29) is 11.2 Å². The Bertz CT molecular complexity index is 1040. The Balaban J connectivity index is 1.79. The van der Waals surface area contributed by atoms with Crippen molar-refractivity contribution < 1.29 is 9.21 Å². The summed E-state index contributed by atoms with van der Waals surface area (Å²) in [6, 6.07) is 12.4. The molecule has 26 heavy (non-hydrogen) atoms. The Morgan fingerprint density at radius 1 is 0.962 bits per heavy atom. The average molecular weight is 349 g/mol. The van der Waals surface area contributed by atoms with Gasteiger partial charge in [0.15, 0.2) is 5.78 Å². The molecule has 0 aliphatic carbocycles. The van der Waals surface area contributed by atoms with Gasteiger partial charge in [-0.05, 0) is 70.1 Å². The largest absolute Gasteiger partial charge is 0.456 e. The SMILES string of the molecule is CC(C)(C(=O)c1ccc2oc3ccccc3c(=O)c2c1)N1CCCCC1. The fourth-order valence-corrected chi connectivity index (χ4v) is 3.89. The highest BCUT2D eigenvalue weighted by Crippen LogP contribution is 2.26. The molecule has 0 amide bonds. The number of fused-ring (bicyclic) bond motifs is 2. The van der Waals surface area contributed by atoms with Gasteiger partial charge in [-0.2, -0.15) is 0 Å². The molecule has 4 rings (SSSR count). The van der Waals surface area contributed by atoms with Gasteiger partial charge in [-0.1, -0.05) is 18.6 Å². The minimum atomic E-state index is -0.578. The highest BCUT2D eigenvalue weighted by Gasteiger charge is 2.35. The Labute approximate surface area is 152 Å². The summed E-state index contributed by atoms with van der Waals surface area (Å²) in [5.74, 6) is 0.0499. The lowest BCUT2D eigenvalue weighted by atomic mass is 9.89. The van der Waals surface area contributed by atoms with Gasteiger partial charge in [0.2, 0.25) is 5.43 Å². The number of hydrogen-bond donors (Lipinski definition) is 0. The van der Waals surface area contributed by atoms with Gasteiger partial charge in [0.05, 0.1) is 16.3 Å². The van der Waals surface area contributed by atoms with E-state index in [0.29, 0.717) is 27.5 Å². The fraction of sp³-hybridized carbons (Fsp3) is 0.364. The predicted molar refractivity (Wildman–Crippen MR) is 104 cm³/mol. The molecule has 4 heteroatoms. The number of likely N-dealkylation sites (tertiary alicyclic amines) is 1. The molecule has 1 aliphatic rings. The zero-order chi connectivity index (χ0) is 18.3. The second kappa shape index (κ2) is 6.36. The van der Waals surface area contributed by atoms with Crippen molar-refractivity contribution in [3.8, 4) is 0 Å². The molecule has 2 heterocycles. The maximum atomic E-state index is 13.2. The first-order chi connectivity index (χ1) is 12.5. The second-order valence-electron chi connectivity index (χ2n) is 7.57. The smallest absolute Gasteiger partial charge is 0.200 e. The first kappa shape index (κ1) is 17.0. The third-order valence-corrected chi connectivity index (χ3v) is 5.54. The lowest BCUT2D eigenvalue weighted by Gasteiger charge is -2.39. The molecule has 1 aromatic heterocycles. The monoisotopic (exact) mass is 349 g/mol. The van der Waals surface area contributed by atoms with Crippen LogP contribution in [0, 0.1) is 0 Å². The molecule has 4 nitrogen and oxygen atoms in total. The third-order valence-electron chi connectivity index (χ3n) is 5.54. The molecular formula is C22H23NO3. The summed E-state index contributed by atoms with van der Waals surface area (Å²) in [4.78, 5) is 28.3. The molecule has 0 spiro atoms. The molecule has 0 atom stereocenters. The van der Waals surface area contributed by atoms with Crippen molar-refractivity contribution in [1.82, 2.24) is 4.90 Å². The van der Waals surface area contributed by atoms with Crippen LogP contribution in [0.1, 0.15) is 43.5 Å². The van der Waals surface area contributed by atoms with Crippen molar-refractivity contribution in [3.05, 3.63) is 58.3 Å². The van der Waals surface area contributed by atoms with Crippen LogP contribution in [0.25, 0.3) is 21.9 Å². The Hall–Kier alpha value is -2.46. The number of para-hydroxylation sites is 1. The van der Waals surface area contributed by atoms with Crippen LogP contribution in [0.2, 0.25) is 0 Å². The standard InChI is InChI=1S/C22H23NO3/c1-22(2,23-12-6-3-7-13-23)21(25)15-10-11-19-17(14-15)20(24)16-8-4-5-9-18(16)26-19/h4-5,8-11,14H,3,6-7,12-13H2,1-2H3. The number of rotatable bonds is 3. The first-order valence-corrected chi connectivity index (χ1v) is 9.24. The molecule has 1 fully saturated rings. The predicted octanol–water partition coefficient (Wildman–Crippen LogP) is 4.39. The maximum absolute atomic E-state index is 13.2. The van der Waals surface area contributed by atoms with Crippen molar-refractivity contribution in [2.24, 2.45) is 0 Å². The number of ketones is 1. The molecule has 0 unspecified atom stereocenters. The molecule has 1 aliphatic heterocycles. The van der Waals surface area contributed by atoms with E-state index in [1.807, 2.05) is 26.0 Å². The molecular weight excluding hydrogens is 326 g/mol. The van der Waals surface area contributed by atoms with Crippen molar-refractivity contribution in [2.45, 2.75) is 38.6 Å². The van der Waals surface area contributed by atoms with Crippen LogP contribution in [-0.4, -0.2) is 29.3 Å². The van der Waals surface area contributed by atoms with Crippen LogP contribution in [0.3, 0.4) is 0 Å². The Morgan fingerprint density at radius 2 is 1.65 bits per heavy atom.